The molecule has 0 amide bonds. The van der Waals surface area contributed by atoms with Crippen LogP contribution in [0.2, 0.25) is 0 Å². The van der Waals surface area contributed by atoms with E-state index in [0.29, 0.717) is 30.5 Å². The van der Waals surface area contributed by atoms with Crippen molar-refractivity contribution >= 4 is 0 Å². The van der Waals surface area contributed by atoms with E-state index in [0.717, 1.165) is 33.6 Å². The summed E-state index contributed by atoms with van der Waals surface area (Å²) in [5.74, 6) is 1.84. The summed E-state index contributed by atoms with van der Waals surface area (Å²) in [5.41, 5.74) is 5.63. The lowest BCUT2D eigenvalue weighted by Crippen LogP contribution is -2.04. The molecule has 0 aliphatic carbocycles. The molecule has 31 heavy (non-hydrogen) atoms. The normalized spacial score (nSPS) is 10.6. The van der Waals surface area contributed by atoms with Gasteiger partial charge >= 0.3 is 0 Å². The van der Waals surface area contributed by atoms with Gasteiger partial charge in [0, 0.05) is 17.3 Å². The number of aromatic nitrogens is 5. The number of nitrogens with zero attached hydrogens (tertiary/aromatic N) is 4. The van der Waals surface area contributed by atoms with E-state index in [1.807, 2.05) is 62.4 Å². The third-order valence-corrected chi connectivity index (χ3v) is 4.79. The third kappa shape index (κ3) is 4.45. The van der Waals surface area contributed by atoms with Crippen molar-refractivity contribution in [2.45, 2.75) is 20.5 Å². The van der Waals surface area contributed by atoms with Gasteiger partial charge in [-0.05, 0) is 35.8 Å². The quantitative estimate of drug-likeness (QED) is 0.422. The molecule has 0 saturated carbocycles. The fraction of sp³-hybridized carbons (Fsp3) is 0.167. The Bertz CT molecular complexity index is 1190. The molecule has 0 fully saturated rings. The van der Waals surface area contributed by atoms with Gasteiger partial charge in [-0.15, -0.1) is 10.2 Å². The lowest BCUT2D eigenvalue weighted by atomic mass is 9.95. The highest BCUT2D eigenvalue weighted by Crippen LogP contribution is 2.35. The second-order valence-electron chi connectivity index (χ2n) is 7.00. The maximum atomic E-state index is 6.23. The number of aromatic amines is 1. The van der Waals surface area contributed by atoms with Crippen molar-refractivity contribution in [2.75, 3.05) is 6.61 Å². The van der Waals surface area contributed by atoms with Crippen molar-refractivity contribution in [3.05, 3.63) is 84.2 Å². The van der Waals surface area contributed by atoms with Gasteiger partial charge in [0.25, 0.3) is 0 Å². The molecule has 0 aliphatic rings. The SMILES string of the molecule is C=CCOc1c(OCc2ccccc2-c2ccccc2-c2nn[nH]n2)cc(C)nc1C. The first-order chi connectivity index (χ1) is 15.2. The van der Waals surface area contributed by atoms with Crippen LogP contribution in [0.25, 0.3) is 22.5 Å². The van der Waals surface area contributed by atoms with Crippen LogP contribution in [-0.2, 0) is 6.61 Å². The van der Waals surface area contributed by atoms with E-state index >= 15 is 0 Å². The minimum absolute atomic E-state index is 0.365. The zero-order valence-electron chi connectivity index (χ0n) is 17.5. The third-order valence-electron chi connectivity index (χ3n) is 4.79. The summed E-state index contributed by atoms with van der Waals surface area (Å²) in [5, 5.41) is 14.5. The zero-order valence-corrected chi connectivity index (χ0v) is 17.5. The number of hydrogen-bond donors (Lipinski definition) is 1. The van der Waals surface area contributed by atoms with Crippen LogP contribution >= 0.6 is 0 Å². The number of hydrogen-bond acceptors (Lipinski definition) is 6. The molecule has 156 valence electrons. The molecule has 1 N–H and O–H groups in total. The molecule has 4 rings (SSSR count). The number of tetrazole rings is 1. The van der Waals surface area contributed by atoms with Crippen molar-refractivity contribution in [3.8, 4) is 34.0 Å². The zero-order chi connectivity index (χ0) is 21.6. The average Bonchev–Trinajstić information content (AvgIpc) is 3.32. The van der Waals surface area contributed by atoms with Crippen molar-refractivity contribution in [2.24, 2.45) is 0 Å². The molecule has 2 heterocycles. The molecule has 4 aromatic rings. The smallest absolute Gasteiger partial charge is 0.205 e. The van der Waals surface area contributed by atoms with Crippen LogP contribution in [-0.4, -0.2) is 32.2 Å². The molecule has 0 spiro atoms. The van der Waals surface area contributed by atoms with Crippen LogP contribution in [0.5, 0.6) is 11.5 Å². The lowest BCUT2D eigenvalue weighted by Gasteiger charge is -2.17. The van der Waals surface area contributed by atoms with Gasteiger partial charge in [0.15, 0.2) is 11.5 Å². The molecule has 0 radical (unpaired) electrons. The van der Waals surface area contributed by atoms with Gasteiger partial charge in [-0.1, -0.05) is 61.2 Å². The Hall–Kier alpha value is -4.00. The van der Waals surface area contributed by atoms with Crippen LogP contribution in [0.3, 0.4) is 0 Å². The molecule has 2 aromatic heterocycles. The molecule has 2 aromatic carbocycles. The first kappa shape index (κ1) is 20.3. The summed E-state index contributed by atoms with van der Waals surface area (Å²) in [6.07, 6.45) is 1.70. The first-order valence-electron chi connectivity index (χ1n) is 9.93. The van der Waals surface area contributed by atoms with Crippen LogP contribution in [0.15, 0.2) is 67.3 Å². The molecular weight excluding hydrogens is 390 g/mol. The fourth-order valence-electron chi connectivity index (χ4n) is 3.46. The maximum Gasteiger partial charge on any atom is 0.205 e. The second-order valence-corrected chi connectivity index (χ2v) is 7.00. The largest absolute Gasteiger partial charge is 0.485 e. The van der Waals surface area contributed by atoms with Gasteiger partial charge in [0.1, 0.15) is 13.2 Å². The van der Waals surface area contributed by atoms with Gasteiger partial charge in [-0.25, -0.2) is 0 Å². The molecule has 0 atom stereocenters. The summed E-state index contributed by atoms with van der Waals surface area (Å²) in [4.78, 5) is 4.49. The average molecular weight is 413 g/mol. The van der Waals surface area contributed by atoms with Crippen LogP contribution in [0.4, 0.5) is 0 Å². The summed E-state index contributed by atoms with van der Waals surface area (Å²) in [7, 11) is 0. The number of aryl methyl sites for hydroxylation is 2. The number of H-pyrrole nitrogens is 1. The van der Waals surface area contributed by atoms with Crippen molar-refractivity contribution in [1.82, 2.24) is 25.6 Å². The predicted molar refractivity (Wildman–Crippen MR) is 119 cm³/mol. The van der Waals surface area contributed by atoms with Gasteiger partial charge < -0.3 is 9.47 Å². The predicted octanol–water partition coefficient (Wildman–Crippen LogP) is 4.69. The number of rotatable bonds is 8. The number of benzene rings is 2. The molecular formula is C24H23N5O2. The Kier molecular flexibility index (Phi) is 6.03. The maximum absolute atomic E-state index is 6.23. The first-order valence-corrected chi connectivity index (χ1v) is 9.93. The number of pyridine rings is 1. The molecule has 0 unspecified atom stereocenters. The number of nitrogens with one attached hydrogen (secondary N) is 1. The lowest BCUT2D eigenvalue weighted by molar-refractivity contribution is 0.273. The van der Waals surface area contributed by atoms with Crippen LogP contribution in [0.1, 0.15) is 17.0 Å². The summed E-state index contributed by atoms with van der Waals surface area (Å²) in [6.45, 7) is 8.32. The highest BCUT2D eigenvalue weighted by Gasteiger charge is 2.15. The van der Waals surface area contributed by atoms with Crippen LogP contribution in [0, 0.1) is 13.8 Å². The monoisotopic (exact) mass is 413 g/mol. The standard InChI is InChI=1S/C24H23N5O2/c1-4-13-30-23-17(3)25-16(2)14-22(23)31-15-18-9-5-6-10-19(18)20-11-7-8-12-21(20)24-26-28-29-27-24/h4-12,14H,1,13,15H2,2-3H3,(H,26,27,28,29). The van der Waals surface area contributed by atoms with Crippen LogP contribution < -0.4 is 9.47 Å². The molecule has 0 bridgehead atoms. The van der Waals surface area contributed by atoms with E-state index < -0.39 is 0 Å². The minimum Gasteiger partial charge on any atom is -0.485 e. The Morgan fingerprint density at radius 3 is 2.45 bits per heavy atom. The molecule has 0 saturated heterocycles. The molecule has 7 nitrogen and oxygen atoms in total. The van der Waals surface area contributed by atoms with Crippen molar-refractivity contribution < 1.29 is 9.47 Å². The van der Waals surface area contributed by atoms with E-state index in [-0.39, 0.29) is 0 Å². The Balaban J connectivity index is 1.68. The van der Waals surface area contributed by atoms with Gasteiger partial charge in [0.2, 0.25) is 5.82 Å². The highest BCUT2D eigenvalue weighted by molar-refractivity contribution is 5.82. The van der Waals surface area contributed by atoms with Gasteiger partial charge in [0.05, 0.1) is 5.69 Å². The van der Waals surface area contributed by atoms with E-state index in [4.69, 9.17) is 9.47 Å². The fourth-order valence-corrected chi connectivity index (χ4v) is 3.46. The van der Waals surface area contributed by atoms with E-state index in [9.17, 15) is 0 Å². The number of ether oxygens (including phenoxy) is 2. The molecule has 7 heteroatoms. The summed E-state index contributed by atoms with van der Waals surface area (Å²) in [6, 6.07) is 18.0. The Morgan fingerprint density at radius 1 is 0.968 bits per heavy atom. The van der Waals surface area contributed by atoms with Gasteiger partial charge in [-0.2, -0.15) is 5.21 Å². The Morgan fingerprint density at radius 2 is 1.71 bits per heavy atom. The summed E-state index contributed by atoms with van der Waals surface area (Å²) >= 11 is 0. The highest BCUT2D eigenvalue weighted by atomic mass is 16.5. The second kappa shape index (κ2) is 9.21. The van der Waals surface area contributed by atoms with Crippen molar-refractivity contribution in [1.29, 1.82) is 0 Å². The topological polar surface area (TPSA) is 85.8 Å². The Labute approximate surface area is 180 Å². The van der Waals surface area contributed by atoms with Gasteiger partial charge in [-0.3, -0.25) is 4.98 Å². The summed E-state index contributed by atoms with van der Waals surface area (Å²) < 4.78 is 12.0. The van der Waals surface area contributed by atoms with Crippen molar-refractivity contribution in [3.63, 3.8) is 0 Å². The molecule has 0 aliphatic heterocycles. The van der Waals surface area contributed by atoms with E-state index in [2.05, 4.69) is 38.3 Å². The van der Waals surface area contributed by atoms with E-state index in [1.54, 1.807) is 6.08 Å². The minimum atomic E-state index is 0.365. The van der Waals surface area contributed by atoms with E-state index in [1.165, 1.54) is 0 Å².